The highest BCUT2D eigenvalue weighted by molar-refractivity contribution is 6.08. The van der Waals surface area contributed by atoms with Gasteiger partial charge in [-0.3, -0.25) is 24.2 Å². The maximum atomic E-state index is 13.5. The highest BCUT2D eigenvalue weighted by atomic mass is 19.4. The molecule has 0 radical (unpaired) electrons. The Morgan fingerprint density at radius 3 is 1.47 bits per heavy atom. The van der Waals surface area contributed by atoms with Crippen LogP contribution in [0.5, 0.6) is 0 Å². The summed E-state index contributed by atoms with van der Waals surface area (Å²) in [6.07, 6.45) is -9.95. The van der Waals surface area contributed by atoms with Gasteiger partial charge in [0.1, 0.15) is 46.5 Å². The minimum Gasteiger partial charge on any atom is -0.309 e. The largest absolute Gasteiger partial charge is 0.453 e. The molecule has 0 saturated heterocycles. The summed E-state index contributed by atoms with van der Waals surface area (Å²) in [5.41, 5.74) is -2.77. The number of carbonyl (C=O) groups excluding carboxylic acids is 2. The quantitative estimate of drug-likeness (QED) is 0.111. The van der Waals surface area contributed by atoms with E-state index in [9.17, 15) is 63.1 Å². The van der Waals surface area contributed by atoms with Crippen molar-refractivity contribution in [3.05, 3.63) is 134 Å². The molecule has 73 heavy (non-hydrogen) atoms. The molecule has 0 aliphatic carbocycles. The summed E-state index contributed by atoms with van der Waals surface area (Å²) in [6.45, 7) is 4.99. The first-order valence-electron chi connectivity index (χ1n) is 21.4. The van der Waals surface area contributed by atoms with Crippen molar-refractivity contribution in [1.29, 1.82) is 0 Å². The number of amides is 2. The molecule has 2 amide bonds. The van der Waals surface area contributed by atoms with E-state index in [-0.39, 0.29) is 68.5 Å². The van der Waals surface area contributed by atoms with E-state index >= 15 is 0 Å². The Balaban J connectivity index is 0.000000180. The molecule has 7 aromatic heterocycles. The van der Waals surface area contributed by atoms with E-state index in [1.54, 1.807) is 37.3 Å². The van der Waals surface area contributed by atoms with Crippen molar-refractivity contribution < 1.29 is 53.5 Å². The number of nitrogens with zero attached hydrogens (tertiary/aromatic N) is 11. The third-order valence-electron chi connectivity index (χ3n) is 12.3. The fourth-order valence-corrected chi connectivity index (χ4v) is 8.24. The van der Waals surface area contributed by atoms with Crippen molar-refractivity contribution in [1.82, 2.24) is 64.1 Å². The Labute approximate surface area is 400 Å². The molecule has 0 saturated carbocycles. The predicted molar refractivity (Wildman–Crippen MR) is 233 cm³/mol. The van der Waals surface area contributed by atoms with Gasteiger partial charge in [0.25, 0.3) is 11.1 Å². The molecular formula is C44H33F10N15O4. The van der Waals surface area contributed by atoms with E-state index in [2.05, 4.69) is 65.7 Å². The van der Waals surface area contributed by atoms with E-state index in [1.165, 1.54) is 25.5 Å². The van der Waals surface area contributed by atoms with Gasteiger partial charge in [-0.15, -0.1) is 0 Å². The molecule has 10 rings (SSSR count). The summed E-state index contributed by atoms with van der Waals surface area (Å²) < 4.78 is 132. The lowest BCUT2D eigenvalue weighted by atomic mass is 9.78. The Hall–Kier alpha value is -8.53. The van der Waals surface area contributed by atoms with Crippen LogP contribution in [0.25, 0.3) is 34.3 Å². The van der Waals surface area contributed by atoms with E-state index in [0.717, 1.165) is 27.2 Å². The maximum absolute atomic E-state index is 13.5. The fourth-order valence-electron chi connectivity index (χ4n) is 8.24. The van der Waals surface area contributed by atoms with Gasteiger partial charge in [0.05, 0.1) is 40.6 Å². The molecule has 2 aliphatic rings. The number of pyridine rings is 1. The minimum atomic E-state index is -5.72. The summed E-state index contributed by atoms with van der Waals surface area (Å²) in [4.78, 5) is 86.0. The van der Waals surface area contributed by atoms with Gasteiger partial charge in [0.15, 0.2) is 22.9 Å². The molecule has 29 heteroatoms. The molecule has 378 valence electrons. The molecular weight excluding hydrogens is 993 g/mol. The van der Waals surface area contributed by atoms with Gasteiger partial charge in [-0.05, 0) is 51.3 Å². The first-order valence-corrected chi connectivity index (χ1v) is 21.4. The van der Waals surface area contributed by atoms with Crippen LogP contribution in [0.2, 0.25) is 0 Å². The lowest BCUT2D eigenvalue weighted by Crippen LogP contribution is -2.37. The second-order valence-corrected chi connectivity index (χ2v) is 17.1. The number of fused-ring (bicyclic) bond motifs is 4. The van der Waals surface area contributed by atoms with Gasteiger partial charge in [0, 0.05) is 19.0 Å². The van der Waals surface area contributed by atoms with Crippen LogP contribution in [0.1, 0.15) is 66.0 Å². The third-order valence-corrected chi connectivity index (χ3v) is 12.3. The van der Waals surface area contributed by atoms with E-state index < -0.39 is 83.6 Å². The van der Waals surface area contributed by atoms with Crippen LogP contribution < -0.4 is 21.8 Å². The number of carbonyl (C=O) groups is 2. The summed E-state index contributed by atoms with van der Waals surface area (Å²) in [5, 5.41) is 12.9. The monoisotopic (exact) mass is 1030 g/mol. The SMILES string of the molecule is CC1(c2ccccn2)C(=O)Nc2nc(-c3cn4ncnc4c(CCC(F)(F)C(F)(F)F)n3)[nH]c(=O)c21.Cc1ccc(C2(C)C(=O)Nc3nc(-c4cn5ncnc5c(CCC(F)(F)C(F)(F)F)n4)[nH]c(=O)c32)cc1. The molecule has 19 nitrogen and oxygen atoms in total. The lowest BCUT2D eigenvalue weighted by molar-refractivity contribution is -0.284. The van der Waals surface area contributed by atoms with Crippen LogP contribution in [0.15, 0.2) is 83.3 Å². The summed E-state index contributed by atoms with van der Waals surface area (Å²) in [6, 6.07) is 12.0. The zero-order valence-electron chi connectivity index (χ0n) is 37.6. The van der Waals surface area contributed by atoms with E-state index in [0.29, 0.717) is 11.3 Å². The standard InChI is InChI=1S/C23H18F5N7O2.C21H15F5N8O2/c1-11-3-5-12(6-4-11)21(2)15-17(34-20(21)37)32-16(33-19(15)36)14-9-35-18(29-10-30-35)13(31-14)7-8-22(24,25)23(26,27)28;1-19(12-4-2-3-7-27-12)13-15(33-18(19)36)31-14(32-17(13)35)11-8-34-16(28-9-29-34)10(30-11)5-6-20(22,23)21(24,25)26/h3-6,9-10H,7-8H2,1-2H3,(H2,32,33,34,36,37);2-4,7-9H,5-6H2,1H3,(H2,31,32,33,35,36). The number of nitrogens with one attached hydrogen (secondary N) is 4. The number of aromatic amines is 2. The van der Waals surface area contributed by atoms with Crippen molar-refractivity contribution in [3.8, 4) is 23.0 Å². The van der Waals surface area contributed by atoms with Crippen LogP contribution in [0, 0.1) is 6.92 Å². The molecule has 4 N–H and O–H groups in total. The third kappa shape index (κ3) is 8.55. The number of aryl methyl sites for hydroxylation is 3. The Morgan fingerprint density at radius 1 is 0.575 bits per heavy atom. The fraction of sp³-hybridized carbons (Fsp3) is 0.295. The van der Waals surface area contributed by atoms with Crippen LogP contribution in [0.4, 0.5) is 55.5 Å². The maximum Gasteiger partial charge on any atom is 0.453 e. The topological polar surface area (TPSA) is 249 Å². The Kier molecular flexibility index (Phi) is 11.8. The zero-order chi connectivity index (χ0) is 52.6. The number of alkyl halides is 10. The number of anilines is 2. The van der Waals surface area contributed by atoms with Gasteiger partial charge in [-0.2, -0.15) is 54.1 Å². The number of halogens is 10. The Bertz CT molecular complexity index is 3620. The van der Waals surface area contributed by atoms with Crippen LogP contribution in [-0.4, -0.2) is 100 Å². The van der Waals surface area contributed by atoms with Crippen LogP contribution >= 0.6 is 0 Å². The van der Waals surface area contributed by atoms with Crippen molar-refractivity contribution in [2.45, 2.75) is 81.5 Å². The highest BCUT2D eigenvalue weighted by Crippen LogP contribution is 2.43. The lowest BCUT2D eigenvalue weighted by Gasteiger charge is -2.22. The van der Waals surface area contributed by atoms with Crippen LogP contribution in [-0.2, 0) is 33.3 Å². The van der Waals surface area contributed by atoms with Gasteiger partial charge in [0.2, 0.25) is 11.8 Å². The number of benzene rings is 1. The molecule has 8 aromatic rings. The summed E-state index contributed by atoms with van der Waals surface area (Å²) >= 11 is 0. The highest BCUT2D eigenvalue weighted by Gasteiger charge is 2.58. The molecule has 0 fully saturated rings. The number of hydrogen-bond acceptors (Lipinski definition) is 13. The summed E-state index contributed by atoms with van der Waals surface area (Å²) in [5.74, 6) is -11.3. The number of H-pyrrole nitrogens is 2. The first kappa shape index (κ1) is 49.5. The van der Waals surface area contributed by atoms with Crippen molar-refractivity contribution in [3.63, 3.8) is 0 Å². The van der Waals surface area contributed by atoms with Crippen molar-refractivity contribution in [2.24, 2.45) is 0 Å². The van der Waals surface area contributed by atoms with Gasteiger partial charge < -0.3 is 20.6 Å². The molecule has 0 bridgehead atoms. The van der Waals surface area contributed by atoms with Gasteiger partial charge in [-0.1, -0.05) is 35.9 Å². The molecule has 2 unspecified atom stereocenters. The molecule has 1 aromatic carbocycles. The average Bonchev–Trinajstić information content (AvgIpc) is 4.12. The van der Waals surface area contributed by atoms with Crippen molar-refractivity contribution >= 4 is 34.7 Å². The van der Waals surface area contributed by atoms with Gasteiger partial charge >= 0.3 is 24.2 Å². The number of hydrogen-bond donors (Lipinski definition) is 4. The van der Waals surface area contributed by atoms with E-state index in [1.807, 2.05) is 19.1 Å². The average molecular weight is 1030 g/mol. The number of rotatable bonds is 10. The second kappa shape index (κ2) is 17.4. The molecule has 0 spiro atoms. The number of aromatic nitrogens is 13. The van der Waals surface area contributed by atoms with E-state index in [4.69, 9.17) is 0 Å². The molecule has 2 aliphatic heterocycles. The predicted octanol–water partition coefficient (Wildman–Crippen LogP) is 6.23. The van der Waals surface area contributed by atoms with Crippen molar-refractivity contribution in [2.75, 3.05) is 10.6 Å². The normalized spacial score (nSPS) is 17.8. The smallest absolute Gasteiger partial charge is 0.309 e. The summed E-state index contributed by atoms with van der Waals surface area (Å²) in [7, 11) is 0. The second-order valence-electron chi connectivity index (χ2n) is 17.1. The molecule has 9 heterocycles. The van der Waals surface area contributed by atoms with Crippen LogP contribution in [0.3, 0.4) is 0 Å². The minimum absolute atomic E-state index is 0.0156. The van der Waals surface area contributed by atoms with Gasteiger partial charge in [-0.25, -0.2) is 38.9 Å². The Morgan fingerprint density at radius 2 is 1.03 bits per heavy atom. The first-order chi connectivity index (χ1) is 34.2. The zero-order valence-corrected chi connectivity index (χ0v) is 37.6. The molecule has 2 atom stereocenters.